The molecule has 0 radical (unpaired) electrons. The molecule has 0 aliphatic carbocycles. The Kier molecular flexibility index (Phi) is 28.2. The molecule has 33 atom stereocenters. The second kappa shape index (κ2) is 33.4. The quantitative estimate of drug-likeness (QED) is 0.0913. The van der Waals surface area contributed by atoms with Gasteiger partial charge in [0.25, 0.3) is 0 Å². The summed E-state index contributed by atoms with van der Waals surface area (Å²) in [6.45, 7) is -8.47. The van der Waals surface area contributed by atoms with Gasteiger partial charge in [-0.25, -0.2) is 0 Å². The molecule has 40 nitrogen and oxygen atoms in total. The van der Waals surface area contributed by atoms with Crippen molar-refractivity contribution in [3.05, 3.63) is 23.0 Å². The molecule has 12 rings (SSSR count). The second-order valence-electron chi connectivity index (χ2n) is 21.1. The van der Waals surface area contributed by atoms with Gasteiger partial charge in [-0.05, 0) is 6.42 Å². The molecule has 0 amide bonds. The van der Waals surface area contributed by atoms with Crippen LogP contribution >= 0.6 is 0 Å². The van der Waals surface area contributed by atoms with Gasteiger partial charge in [-0.1, -0.05) is 0 Å². The average Bonchev–Trinajstić information content (AvgIpc) is 1.11. The van der Waals surface area contributed by atoms with Crippen LogP contribution in [0.2, 0.25) is 0 Å². The maximum Gasteiger partial charge on any atom is 0.218 e. The van der Waals surface area contributed by atoms with Crippen molar-refractivity contribution in [1.82, 2.24) is 0 Å². The maximum atomic E-state index is 11.3. The zero-order valence-corrected chi connectivity index (χ0v) is 46.2. The Morgan fingerprint density at radius 3 is 0.761 bits per heavy atom. The largest absolute Gasteiger partial charge is 0.506 e. The first-order valence-electron chi connectivity index (χ1n) is 27.5. The highest BCUT2D eigenvalue weighted by atomic mass is 16.8. The zero-order valence-electron chi connectivity index (χ0n) is 46.2. The van der Waals surface area contributed by atoms with Crippen LogP contribution in [0.25, 0.3) is 0 Å². The van der Waals surface area contributed by atoms with Crippen LogP contribution in [-0.4, -0.2) is 394 Å². The summed E-state index contributed by atoms with van der Waals surface area (Å²) in [6.07, 6.45) is -74.9. The summed E-state index contributed by atoms with van der Waals surface area (Å²) in [5, 5.41) is 293. The second-order valence-corrected chi connectivity index (χ2v) is 21.1. The minimum atomic E-state index is -2.78. The third-order valence-corrected chi connectivity index (χ3v) is 15.3. The number of hydrogen-bond donors (Lipinski definition) is 27. The van der Waals surface area contributed by atoms with Crippen molar-refractivity contribution in [2.24, 2.45) is 0 Å². The van der Waals surface area contributed by atoms with Crippen molar-refractivity contribution < 1.29 is 199 Å². The molecule has 5 saturated heterocycles. The fourth-order valence-corrected chi connectivity index (χ4v) is 10.3. The molecule has 12 heterocycles. The Hall–Kier alpha value is -2.76. The van der Waals surface area contributed by atoms with Gasteiger partial charge in [0.05, 0.1) is 39.1 Å². The summed E-state index contributed by atoms with van der Waals surface area (Å²) < 4.78 is 71.4. The first kappa shape index (κ1) is 74.3. The van der Waals surface area contributed by atoms with E-state index >= 15 is 0 Å². The molecule has 40 heteroatoms. The van der Waals surface area contributed by atoms with Crippen LogP contribution in [0.4, 0.5) is 0 Å². The highest BCUT2D eigenvalue weighted by Gasteiger charge is 2.56. The Labute approximate surface area is 496 Å². The number of fused-ring (bicyclic) bond motifs is 3. The molecule has 0 aromatic carbocycles. The Bertz CT molecular complexity index is 2140. The summed E-state index contributed by atoms with van der Waals surface area (Å²) in [5.74, 6) is -5.97. The van der Waals surface area contributed by atoms with Crippen molar-refractivity contribution in [2.75, 3.05) is 52.9 Å². The predicted molar refractivity (Wildman–Crippen MR) is 267 cm³/mol. The van der Waals surface area contributed by atoms with E-state index in [1.54, 1.807) is 0 Å². The van der Waals surface area contributed by atoms with Gasteiger partial charge in [0, 0.05) is 32.7 Å². The Morgan fingerprint density at radius 2 is 0.477 bits per heavy atom. The molecule has 0 aromatic heterocycles. The van der Waals surface area contributed by atoms with E-state index in [1.165, 1.54) is 0 Å². The van der Waals surface area contributed by atoms with Crippen molar-refractivity contribution in [2.45, 2.75) is 222 Å². The lowest BCUT2D eigenvalue weighted by Gasteiger charge is -2.47. The summed E-state index contributed by atoms with van der Waals surface area (Å²) in [7, 11) is 0. The fraction of sp³-hybridized carbons (Fsp3) is 0.917. The summed E-state index contributed by atoms with van der Waals surface area (Å²) in [4.78, 5) is 0. The van der Waals surface area contributed by atoms with Gasteiger partial charge in [0.2, 0.25) is 12.6 Å². The summed E-state index contributed by atoms with van der Waals surface area (Å²) in [5.41, 5.74) is 0. The van der Waals surface area contributed by atoms with Crippen molar-refractivity contribution in [1.29, 1.82) is 0 Å². The third kappa shape index (κ3) is 16.6. The van der Waals surface area contributed by atoms with E-state index < -0.39 is 298 Å². The molecule has 12 aliphatic heterocycles. The Balaban J connectivity index is 1.31. The molecule has 88 heavy (non-hydrogen) atoms. The lowest BCUT2D eigenvalue weighted by atomic mass is 9.96. The first-order chi connectivity index (χ1) is 41.7. The molecule has 514 valence electrons. The van der Waals surface area contributed by atoms with Crippen molar-refractivity contribution in [3.63, 3.8) is 0 Å². The normalized spacial score (nSPS) is 48.9. The van der Waals surface area contributed by atoms with Gasteiger partial charge in [-0.15, -0.1) is 0 Å². The fourth-order valence-electron chi connectivity index (χ4n) is 10.3. The minimum Gasteiger partial charge on any atom is -0.506 e. The Morgan fingerprint density at radius 1 is 0.227 bits per heavy atom. The molecule has 5 fully saturated rings. The highest BCUT2D eigenvalue weighted by molar-refractivity contribution is 5.10. The van der Waals surface area contributed by atoms with Gasteiger partial charge >= 0.3 is 0 Å². The van der Waals surface area contributed by atoms with Gasteiger partial charge < -0.3 is 199 Å². The topological polar surface area (TPSA) is 666 Å². The summed E-state index contributed by atoms with van der Waals surface area (Å²) >= 11 is 0. The lowest BCUT2D eigenvalue weighted by Crippen LogP contribution is -2.66. The van der Waals surface area contributed by atoms with Crippen LogP contribution in [0.15, 0.2) is 23.0 Å². The average molecular weight is 1300 g/mol. The smallest absolute Gasteiger partial charge is 0.218 e. The van der Waals surface area contributed by atoms with Crippen molar-refractivity contribution >= 4 is 0 Å². The third-order valence-electron chi connectivity index (χ3n) is 15.3. The molecule has 27 N–H and O–H groups in total. The van der Waals surface area contributed by atoms with E-state index in [9.17, 15) is 138 Å². The number of rotatable bonds is 11. The molecule has 0 spiro atoms. The predicted octanol–water partition coefficient (Wildman–Crippen LogP) is -14.2. The van der Waals surface area contributed by atoms with Gasteiger partial charge in [-0.2, -0.15) is 0 Å². The summed E-state index contributed by atoms with van der Waals surface area (Å²) in [6, 6.07) is 0. The van der Waals surface area contributed by atoms with Crippen LogP contribution in [0.5, 0.6) is 0 Å². The zero-order chi connectivity index (χ0) is 65.3. The molecular formula is C48H82O40. The SMILES string of the molecule is OCCC1OC2OC(CO)C(OC(O)/C(O)=C(/O)C(CCO)OC3OC(CO)C(OC4OC(CO)C(OC(O)C(O)C(O)C(CCO)OC5OC(CO)C(OC6OC(CO)C(OC(O)C(O)=C1O)C(O)C6O)C(O)C5O)C(O)C4O)C(O)C3O)C(O)C2O. The molecule has 33 unspecified atom stereocenters. The lowest BCUT2D eigenvalue weighted by molar-refractivity contribution is -0.375. The van der Waals surface area contributed by atoms with Gasteiger partial charge in [-0.3, -0.25) is 0 Å². The van der Waals surface area contributed by atoms with E-state index in [-0.39, 0.29) is 0 Å². The molecule has 10 bridgehead atoms. The van der Waals surface area contributed by atoms with Crippen LogP contribution in [-0.2, 0) is 61.6 Å². The van der Waals surface area contributed by atoms with Gasteiger partial charge in [0.1, 0.15) is 146 Å². The maximum absolute atomic E-state index is 11.3. The molecule has 0 saturated carbocycles. The van der Waals surface area contributed by atoms with E-state index in [1.807, 2.05) is 0 Å². The van der Waals surface area contributed by atoms with Crippen LogP contribution in [0, 0.1) is 0 Å². The van der Waals surface area contributed by atoms with E-state index in [0.717, 1.165) is 0 Å². The monoisotopic (exact) mass is 1300 g/mol. The number of hydrogen-bond acceptors (Lipinski definition) is 40. The highest BCUT2D eigenvalue weighted by Crippen LogP contribution is 2.36. The van der Waals surface area contributed by atoms with Gasteiger partial charge in [0.15, 0.2) is 60.8 Å². The molecule has 12 aliphatic rings. The molecular weight excluding hydrogens is 1220 g/mol. The van der Waals surface area contributed by atoms with E-state index in [4.69, 9.17) is 61.6 Å². The number of aliphatic hydroxyl groups excluding tert-OH is 27. The van der Waals surface area contributed by atoms with Crippen LogP contribution in [0.1, 0.15) is 19.3 Å². The van der Waals surface area contributed by atoms with Crippen molar-refractivity contribution in [3.8, 4) is 0 Å². The molecule has 0 aromatic rings. The number of ether oxygens (including phenoxy) is 13. The standard InChI is InChI=1S/C48H82O40/c49-4-1-12-20(57)29(66)42(74)85-37-16(8-53)82-47(34(71)24(37)61)88-40-19(11-56)81-46(33(70)27(40)64)78-14(3-6-51)22(59)30(67)43(75)86-38-17(9-54)83-48(35(72)25(38)62)87-39-18(10-55)80-45(32(69)26(39)63)77-13(2-5-50)21(58)28(65)41(73)84-36-15(7-52)79-44(76-12)31(68)23(36)60/h12-19,22-27,30-75H,1-11H2/b28-21-,29-20?. The minimum absolute atomic E-state index is 0.677. The first-order valence-corrected chi connectivity index (χ1v) is 27.5. The van der Waals surface area contributed by atoms with Crippen LogP contribution in [0.3, 0.4) is 0 Å². The van der Waals surface area contributed by atoms with E-state index in [2.05, 4.69) is 0 Å². The number of aliphatic hydroxyl groups is 27. The van der Waals surface area contributed by atoms with Crippen LogP contribution < -0.4 is 0 Å². The van der Waals surface area contributed by atoms with E-state index in [0.29, 0.717) is 0 Å².